The molecular formula is C44H73F4N9O4. The van der Waals surface area contributed by atoms with Gasteiger partial charge in [-0.25, -0.2) is 0 Å². The highest BCUT2D eigenvalue weighted by Gasteiger charge is 2.74. The van der Waals surface area contributed by atoms with Crippen LogP contribution in [0.25, 0.3) is 0 Å². The number of halogens is 4. The number of hydrogen-bond donors (Lipinski definition) is 1. The van der Waals surface area contributed by atoms with Crippen molar-refractivity contribution in [3.05, 3.63) is 12.7 Å². The summed E-state index contributed by atoms with van der Waals surface area (Å²) >= 11 is 0. The van der Waals surface area contributed by atoms with Crippen LogP contribution in [0.1, 0.15) is 64.2 Å². The van der Waals surface area contributed by atoms with Crippen molar-refractivity contribution in [1.29, 1.82) is 0 Å². The second-order valence-electron chi connectivity index (χ2n) is 18.8. The zero-order chi connectivity index (χ0) is 43.7. The van der Waals surface area contributed by atoms with Crippen molar-refractivity contribution in [2.75, 3.05) is 138 Å². The molecule has 346 valence electrons. The molecule has 6 aliphatic heterocycles. The SMILES string of the molecule is C=CCN1CCN(C(=O)C2CCC2)CC1.CN1CCN(C(=O)C2CC(F)(F)C2(F)F)CC1.CN1CCN(C(=O)C2CCC2)CC1.O=C(C1CCN(C2CNC2)CC1)N1CCC1. The van der Waals surface area contributed by atoms with Gasteiger partial charge in [-0.15, -0.1) is 6.58 Å². The monoisotopic (exact) mass is 868 g/mol. The summed E-state index contributed by atoms with van der Waals surface area (Å²) in [6.07, 6.45) is 11.2. The number of rotatable bonds is 7. The summed E-state index contributed by atoms with van der Waals surface area (Å²) in [4.78, 5) is 64.0. The van der Waals surface area contributed by atoms with E-state index in [0.717, 1.165) is 143 Å². The summed E-state index contributed by atoms with van der Waals surface area (Å²) in [5.41, 5.74) is 0. The number of nitrogens with one attached hydrogen (secondary N) is 1. The summed E-state index contributed by atoms with van der Waals surface area (Å²) in [5, 5.41) is 3.31. The Balaban J connectivity index is 0.000000137. The van der Waals surface area contributed by atoms with Crippen LogP contribution in [0.15, 0.2) is 12.7 Å². The first kappa shape index (κ1) is 47.6. The molecule has 0 aromatic carbocycles. The number of likely N-dealkylation sites (N-methyl/N-ethyl adjacent to an activating group) is 2. The lowest BCUT2D eigenvalue weighted by molar-refractivity contribution is -0.307. The van der Waals surface area contributed by atoms with E-state index < -0.39 is 30.1 Å². The molecule has 0 radical (unpaired) electrons. The van der Waals surface area contributed by atoms with E-state index in [9.17, 15) is 36.7 Å². The van der Waals surface area contributed by atoms with Gasteiger partial charge in [0.1, 0.15) is 5.92 Å². The summed E-state index contributed by atoms with van der Waals surface area (Å²) < 4.78 is 51.4. The van der Waals surface area contributed by atoms with Crippen LogP contribution in [-0.2, 0) is 19.2 Å². The molecule has 3 saturated carbocycles. The van der Waals surface area contributed by atoms with Gasteiger partial charge in [0.2, 0.25) is 23.6 Å². The van der Waals surface area contributed by atoms with Crippen LogP contribution in [-0.4, -0.2) is 219 Å². The van der Waals surface area contributed by atoms with Crippen LogP contribution in [0.3, 0.4) is 0 Å². The minimum atomic E-state index is -4.19. The smallest absolute Gasteiger partial charge is 0.321 e. The summed E-state index contributed by atoms with van der Waals surface area (Å²) in [5.74, 6) is -8.59. The Morgan fingerprint density at radius 1 is 0.557 bits per heavy atom. The van der Waals surface area contributed by atoms with Crippen molar-refractivity contribution < 1.29 is 36.7 Å². The van der Waals surface area contributed by atoms with Crippen molar-refractivity contribution in [1.82, 2.24) is 44.5 Å². The molecule has 0 bridgehead atoms. The highest BCUT2D eigenvalue weighted by molar-refractivity contribution is 5.82. The zero-order valence-electron chi connectivity index (χ0n) is 36.9. The molecule has 1 atom stereocenters. The Kier molecular flexibility index (Phi) is 16.9. The molecule has 0 spiro atoms. The van der Waals surface area contributed by atoms with Crippen LogP contribution in [0.2, 0.25) is 0 Å². The molecule has 0 aromatic rings. The van der Waals surface area contributed by atoms with E-state index in [4.69, 9.17) is 0 Å². The minimum absolute atomic E-state index is 0.324. The van der Waals surface area contributed by atoms with Gasteiger partial charge in [0.15, 0.2) is 0 Å². The maximum atomic E-state index is 13.1. The first-order chi connectivity index (χ1) is 29.2. The molecule has 9 rings (SSSR count). The molecule has 1 unspecified atom stereocenters. The number of piperidine rings is 1. The van der Waals surface area contributed by atoms with E-state index in [1.54, 1.807) is 0 Å². The third-order valence-electron chi connectivity index (χ3n) is 14.6. The van der Waals surface area contributed by atoms with Crippen molar-refractivity contribution in [2.45, 2.75) is 82.1 Å². The van der Waals surface area contributed by atoms with Gasteiger partial charge in [-0.1, -0.05) is 18.9 Å². The predicted molar refractivity (Wildman–Crippen MR) is 226 cm³/mol. The number of amides is 4. The zero-order valence-corrected chi connectivity index (χ0v) is 36.9. The van der Waals surface area contributed by atoms with Gasteiger partial charge in [-0.3, -0.25) is 29.0 Å². The summed E-state index contributed by atoms with van der Waals surface area (Å²) in [6, 6.07) is 0.750. The molecule has 1 N–H and O–H groups in total. The molecule has 6 saturated heterocycles. The van der Waals surface area contributed by atoms with Crippen molar-refractivity contribution in [3.8, 4) is 0 Å². The third kappa shape index (κ3) is 12.0. The fourth-order valence-electron chi connectivity index (χ4n) is 9.16. The van der Waals surface area contributed by atoms with Crippen molar-refractivity contribution in [2.24, 2.45) is 23.7 Å². The Morgan fingerprint density at radius 3 is 1.30 bits per heavy atom. The third-order valence-corrected chi connectivity index (χ3v) is 14.6. The van der Waals surface area contributed by atoms with Gasteiger partial charge in [-0.05, 0) is 72.1 Å². The van der Waals surface area contributed by atoms with E-state index in [0.29, 0.717) is 61.7 Å². The van der Waals surface area contributed by atoms with Crippen molar-refractivity contribution in [3.63, 3.8) is 0 Å². The average Bonchev–Trinajstić information content (AvgIpc) is 3.16. The lowest BCUT2D eigenvalue weighted by Gasteiger charge is -2.45. The number of hydrogen-bond acceptors (Lipinski definition) is 9. The van der Waals surface area contributed by atoms with E-state index in [1.165, 1.54) is 24.2 Å². The molecule has 0 aromatic heterocycles. The first-order valence-electron chi connectivity index (χ1n) is 23.2. The summed E-state index contributed by atoms with van der Waals surface area (Å²) in [6.45, 7) is 20.8. The van der Waals surface area contributed by atoms with E-state index in [1.807, 2.05) is 32.7 Å². The lowest BCUT2D eigenvalue weighted by atomic mass is 9.75. The Hall–Kier alpha value is -2.86. The molecular weight excluding hydrogens is 795 g/mol. The van der Waals surface area contributed by atoms with Crippen LogP contribution >= 0.6 is 0 Å². The molecule has 9 aliphatic rings. The Bertz CT molecular complexity index is 1460. The van der Waals surface area contributed by atoms with Gasteiger partial charge in [-0.2, -0.15) is 17.6 Å². The van der Waals surface area contributed by atoms with E-state index in [2.05, 4.69) is 33.6 Å². The normalized spacial score (nSPS) is 27.7. The quantitative estimate of drug-likeness (QED) is 0.306. The van der Waals surface area contributed by atoms with Crippen LogP contribution < -0.4 is 5.32 Å². The average molecular weight is 868 g/mol. The molecule has 3 aliphatic carbocycles. The highest BCUT2D eigenvalue weighted by Crippen LogP contribution is 2.55. The van der Waals surface area contributed by atoms with E-state index in [-0.39, 0.29) is 0 Å². The van der Waals surface area contributed by atoms with Gasteiger partial charge in [0.25, 0.3) is 0 Å². The standard InChI is InChI=1S/C12H21N3O.C12H20N2O.C10H14F4N2O.C10H18N2O/c16-12(15-4-1-5-15)10-2-6-14(7-3-10)11-8-13-9-11;1-2-6-13-7-9-14(10-8-13)12(15)11-4-3-5-11;1-15-2-4-16(5-3-15)8(17)7-6-9(11,12)10(7,13)14;1-11-5-7-12(8-6-11)10(13)9-3-2-4-9/h10-11,13H,1-9H2;2,11H,1,3-10H2;7H,2-6H2,1H3;9H,2-8H2,1H3. The maximum Gasteiger partial charge on any atom is 0.321 e. The Morgan fingerprint density at radius 2 is 0.967 bits per heavy atom. The maximum absolute atomic E-state index is 13.1. The molecule has 4 amide bonds. The first-order valence-corrected chi connectivity index (χ1v) is 23.2. The van der Waals surface area contributed by atoms with Gasteiger partial charge in [0.05, 0.1) is 0 Å². The van der Waals surface area contributed by atoms with Gasteiger partial charge < -0.3 is 34.7 Å². The van der Waals surface area contributed by atoms with Crippen LogP contribution in [0.5, 0.6) is 0 Å². The number of alkyl halides is 4. The second-order valence-corrected chi connectivity index (χ2v) is 18.8. The molecule has 9 fully saturated rings. The number of carbonyl (C=O) groups is 4. The van der Waals surface area contributed by atoms with Crippen molar-refractivity contribution >= 4 is 23.6 Å². The van der Waals surface area contributed by atoms with Gasteiger partial charge >= 0.3 is 11.8 Å². The lowest BCUT2D eigenvalue weighted by Crippen LogP contribution is -2.64. The predicted octanol–water partition coefficient (Wildman–Crippen LogP) is 2.63. The minimum Gasteiger partial charge on any atom is -0.342 e. The Labute approximate surface area is 361 Å². The topological polar surface area (TPSA) is 106 Å². The number of nitrogens with zero attached hydrogens (tertiary/aromatic N) is 8. The fraction of sp³-hybridized carbons (Fsp3) is 0.864. The molecule has 61 heavy (non-hydrogen) atoms. The van der Waals surface area contributed by atoms with Crippen LogP contribution in [0, 0.1) is 23.7 Å². The van der Waals surface area contributed by atoms with E-state index >= 15 is 0 Å². The molecule has 13 nitrogen and oxygen atoms in total. The molecule has 17 heteroatoms. The fourth-order valence-corrected chi connectivity index (χ4v) is 9.16. The number of piperazine rings is 3. The second kappa shape index (κ2) is 21.7. The largest absolute Gasteiger partial charge is 0.342 e. The number of carbonyl (C=O) groups excluding carboxylic acids is 4. The number of likely N-dealkylation sites (tertiary alicyclic amines) is 2. The summed E-state index contributed by atoms with van der Waals surface area (Å²) in [7, 11) is 3.97. The van der Waals surface area contributed by atoms with Gasteiger partial charge in [0, 0.05) is 141 Å². The van der Waals surface area contributed by atoms with Crippen LogP contribution in [0.4, 0.5) is 17.6 Å². The highest BCUT2D eigenvalue weighted by atomic mass is 19.3. The molecule has 6 heterocycles.